The van der Waals surface area contributed by atoms with Crippen molar-refractivity contribution in [3.8, 4) is 0 Å². The van der Waals surface area contributed by atoms with Gasteiger partial charge in [0.25, 0.3) is 0 Å². The highest BCUT2D eigenvalue weighted by Crippen LogP contribution is 2.26. The Bertz CT molecular complexity index is 552. The van der Waals surface area contributed by atoms with Gasteiger partial charge in [-0.2, -0.15) is 11.8 Å². The van der Waals surface area contributed by atoms with Crippen molar-refractivity contribution in [3.05, 3.63) is 29.3 Å². The van der Waals surface area contributed by atoms with Gasteiger partial charge < -0.3 is 5.32 Å². The van der Waals surface area contributed by atoms with Gasteiger partial charge in [0.15, 0.2) is 0 Å². The molecule has 112 valence electrons. The summed E-state index contributed by atoms with van der Waals surface area (Å²) >= 11 is 1.86. The van der Waals surface area contributed by atoms with Gasteiger partial charge in [-0.15, -0.1) is 0 Å². The minimum atomic E-state index is -3.41. The second kappa shape index (κ2) is 6.93. The van der Waals surface area contributed by atoms with Crippen LogP contribution in [0, 0.1) is 6.92 Å². The molecule has 0 bridgehead atoms. The van der Waals surface area contributed by atoms with E-state index in [2.05, 4.69) is 10.0 Å². The molecule has 1 aliphatic rings. The Kier molecular flexibility index (Phi) is 5.49. The van der Waals surface area contributed by atoms with Crippen molar-refractivity contribution in [1.82, 2.24) is 10.0 Å². The van der Waals surface area contributed by atoms with Crippen LogP contribution in [0.25, 0.3) is 0 Å². The quantitative estimate of drug-likeness (QED) is 0.842. The summed E-state index contributed by atoms with van der Waals surface area (Å²) in [5.74, 6) is 1.14. The van der Waals surface area contributed by atoms with E-state index in [0.29, 0.717) is 23.2 Å². The van der Waals surface area contributed by atoms with E-state index in [-0.39, 0.29) is 0 Å². The number of aryl methyl sites for hydroxylation is 1. The maximum Gasteiger partial charge on any atom is 0.240 e. The average Bonchev–Trinajstić information content (AvgIpc) is 2.92. The van der Waals surface area contributed by atoms with E-state index in [4.69, 9.17) is 0 Å². The smallest absolute Gasteiger partial charge is 0.240 e. The molecular weight excluding hydrogens is 292 g/mol. The molecule has 1 aromatic rings. The lowest BCUT2D eigenvalue weighted by molar-refractivity contribution is 0.578. The topological polar surface area (TPSA) is 58.2 Å². The largest absolute Gasteiger partial charge is 0.316 e. The Morgan fingerprint density at radius 2 is 2.20 bits per heavy atom. The Hall–Kier alpha value is -0.560. The van der Waals surface area contributed by atoms with Gasteiger partial charge in [0.2, 0.25) is 10.0 Å². The SMILES string of the molecule is CNCc1ccc(C)c(S(=O)(=O)NCC2CCCS2)c1. The molecule has 1 heterocycles. The molecule has 2 rings (SSSR count). The van der Waals surface area contributed by atoms with Crippen LogP contribution in [0.2, 0.25) is 0 Å². The van der Waals surface area contributed by atoms with Crippen molar-refractivity contribution < 1.29 is 8.42 Å². The lowest BCUT2D eigenvalue weighted by Gasteiger charge is -2.13. The zero-order valence-corrected chi connectivity index (χ0v) is 13.6. The van der Waals surface area contributed by atoms with Gasteiger partial charge >= 0.3 is 0 Å². The van der Waals surface area contributed by atoms with E-state index in [1.165, 1.54) is 6.42 Å². The molecular formula is C14H22N2O2S2. The molecule has 1 saturated heterocycles. The van der Waals surface area contributed by atoms with Crippen LogP contribution in [0.5, 0.6) is 0 Å². The van der Waals surface area contributed by atoms with Crippen LogP contribution in [0.3, 0.4) is 0 Å². The molecule has 1 unspecified atom stereocenters. The number of rotatable bonds is 6. The molecule has 4 nitrogen and oxygen atoms in total. The second-order valence-electron chi connectivity index (χ2n) is 5.12. The van der Waals surface area contributed by atoms with Crippen molar-refractivity contribution in [3.63, 3.8) is 0 Å². The first kappa shape index (κ1) is 15.8. The van der Waals surface area contributed by atoms with Gasteiger partial charge in [-0.25, -0.2) is 13.1 Å². The van der Waals surface area contributed by atoms with Gasteiger partial charge in [0, 0.05) is 18.3 Å². The number of benzene rings is 1. The van der Waals surface area contributed by atoms with E-state index in [1.54, 1.807) is 6.07 Å². The van der Waals surface area contributed by atoms with Crippen LogP contribution in [-0.4, -0.2) is 33.0 Å². The Balaban J connectivity index is 2.12. The first-order chi connectivity index (χ1) is 9.53. The summed E-state index contributed by atoms with van der Waals surface area (Å²) in [5.41, 5.74) is 1.77. The fourth-order valence-electron chi connectivity index (χ4n) is 2.33. The van der Waals surface area contributed by atoms with Gasteiger partial charge in [-0.3, -0.25) is 0 Å². The fraction of sp³-hybridized carbons (Fsp3) is 0.571. The minimum absolute atomic E-state index is 0.397. The van der Waals surface area contributed by atoms with Gasteiger partial charge in [-0.1, -0.05) is 12.1 Å². The summed E-state index contributed by atoms with van der Waals surface area (Å²) in [7, 11) is -1.56. The molecule has 1 aliphatic heterocycles. The van der Waals surface area contributed by atoms with Crippen molar-refractivity contribution in [1.29, 1.82) is 0 Å². The monoisotopic (exact) mass is 314 g/mol. The second-order valence-corrected chi connectivity index (χ2v) is 8.26. The summed E-state index contributed by atoms with van der Waals surface area (Å²) in [6.45, 7) is 3.03. The summed E-state index contributed by atoms with van der Waals surface area (Å²) in [6, 6.07) is 5.58. The molecule has 0 amide bonds. The summed E-state index contributed by atoms with van der Waals surface area (Å²) in [5, 5.41) is 3.46. The van der Waals surface area contributed by atoms with Crippen molar-refractivity contribution >= 4 is 21.8 Å². The van der Waals surface area contributed by atoms with Crippen molar-refractivity contribution in [2.24, 2.45) is 0 Å². The Morgan fingerprint density at radius 3 is 2.85 bits per heavy atom. The van der Waals surface area contributed by atoms with E-state index >= 15 is 0 Å². The minimum Gasteiger partial charge on any atom is -0.316 e. The number of nitrogens with one attached hydrogen (secondary N) is 2. The average molecular weight is 314 g/mol. The third-order valence-corrected chi connectivity index (χ3v) is 6.41. The van der Waals surface area contributed by atoms with Crippen LogP contribution in [0.15, 0.2) is 23.1 Å². The Morgan fingerprint density at radius 1 is 1.40 bits per heavy atom. The number of sulfonamides is 1. The lowest BCUT2D eigenvalue weighted by Crippen LogP contribution is -2.30. The van der Waals surface area contributed by atoms with Crippen LogP contribution < -0.4 is 10.0 Å². The van der Waals surface area contributed by atoms with E-state index in [0.717, 1.165) is 23.3 Å². The maximum atomic E-state index is 12.4. The van der Waals surface area contributed by atoms with Gasteiger partial charge in [-0.05, 0) is 49.8 Å². The lowest BCUT2D eigenvalue weighted by atomic mass is 10.1. The van der Waals surface area contributed by atoms with E-state index in [9.17, 15) is 8.42 Å². The van der Waals surface area contributed by atoms with Crippen LogP contribution >= 0.6 is 11.8 Å². The molecule has 20 heavy (non-hydrogen) atoms. The molecule has 2 N–H and O–H groups in total. The first-order valence-corrected chi connectivity index (χ1v) is 9.41. The summed E-state index contributed by atoms with van der Waals surface area (Å²) in [4.78, 5) is 0.397. The van der Waals surface area contributed by atoms with Gasteiger partial charge in [0.1, 0.15) is 0 Å². The Labute approximate surface area is 125 Å². The predicted octanol–water partition coefficient (Wildman–Crippen LogP) is 1.89. The molecule has 6 heteroatoms. The standard InChI is InChI=1S/C14H22N2O2S2/c1-11-5-6-12(9-15-2)8-14(11)20(17,18)16-10-13-4-3-7-19-13/h5-6,8,13,15-16H,3-4,7,9-10H2,1-2H3. The number of thioether (sulfide) groups is 1. The van der Waals surface area contributed by atoms with E-state index in [1.807, 2.05) is 37.9 Å². The van der Waals surface area contributed by atoms with Crippen molar-refractivity contribution in [2.75, 3.05) is 19.3 Å². The molecule has 0 aliphatic carbocycles. The molecule has 0 saturated carbocycles. The van der Waals surface area contributed by atoms with E-state index < -0.39 is 10.0 Å². The molecule has 1 atom stereocenters. The maximum absolute atomic E-state index is 12.4. The van der Waals surface area contributed by atoms with Crippen LogP contribution in [-0.2, 0) is 16.6 Å². The first-order valence-electron chi connectivity index (χ1n) is 6.88. The molecule has 1 fully saturated rings. The van der Waals surface area contributed by atoms with Crippen LogP contribution in [0.4, 0.5) is 0 Å². The summed E-state index contributed by atoms with van der Waals surface area (Å²) < 4.78 is 27.6. The fourth-order valence-corrected chi connectivity index (χ4v) is 5.02. The molecule has 0 radical (unpaired) electrons. The summed E-state index contributed by atoms with van der Waals surface area (Å²) in [6.07, 6.45) is 2.29. The van der Waals surface area contributed by atoms with Crippen molar-refractivity contribution in [2.45, 2.75) is 36.5 Å². The predicted molar refractivity (Wildman–Crippen MR) is 84.6 cm³/mol. The van der Waals surface area contributed by atoms with Gasteiger partial charge in [0.05, 0.1) is 4.90 Å². The highest BCUT2D eigenvalue weighted by molar-refractivity contribution is 8.00. The third kappa shape index (κ3) is 3.97. The van der Waals surface area contributed by atoms with Crippen LogP contribution in [0.1, 0.15) is 24.0 Å². The number of hydrogen-bond acceptors (Lipinski definition) is 4. The molecule has 0 aromatic heterocycles. The normalized spacial score (nSPS) is 19.4. The highest BCUT2D eigenvalue weighted by Gasteiger charge is 2.21. The zero-order chi connectivity index (χ0) is 14.6. The molecule has 0 spiro atoms. The highest BCUT2D eigenvalue weighted by atomic mass is 32.2. The third-order valence-electron chi connectivity index (χ3n) is 3.45. The number of hydrogen-bond donors (Lipinski definition) is 2. The molecule has 1 aromatic carbocycles. The zero-order valence-electron chi connectivity index (χ0n) is 12.0.